The lowest BCUT2D eigenvalue weighted by Gasteiger charge is -2.19. The number of furan rings is 1. The van der Waals surface area contributed by atoms with Gasteiger partial charge in [-0.2, -0.15) is 4.98 Å². The summed E-state index contributed by atoms with van der Waals surface area (Å²) < 4.78 is 16.5. The van der Waals surface area contributed by atoms with E-state index in [1.807, 2.05) is 18.2 Å². The molecule has 8 heteroatoms. The van der Waals surface area contributed by atoms with Gasteiger partial charge in [0.2, 0.25) is 5.95 Å². The average Bonchev–Trinajstić information content (AvgIpc) is 3.26. The lowest BCUT2D eigenvalue weighted by molar-refractivity contribution is 0.171. The number of pyridine rings is 1. The third kappa shape index (κ3) is 2.94. The fourth-order valence-corrected chi connectivity index (χ4v) is 3.17. The van der Waals surface area contributed by atoms with Gasteiger partial charge in [0.25, 0.3) is 5.56 Å². The molecule has 2 N–H and O–H groups in total. The number of nitrogens with zero attached hydrogens (tertiary/aromatic N) is 2. The maximum Gasteiger partial charge on any atom is 0.262 e. The highest BCUT2D eigenvalue weighted by Crippen LogP contribution is 2.31. The van der Waals surface area contributed by atoms with Crippen LogP contribution in [0.25, 0.3) is 22.4 Å². The van der Waals surface area contributed by atoms with Gasteiger partial charge in [0.15, 0.2) is 17.1 Å². The standard InChI is InChI=1S/C20H16N4O4/c25-19-17-13(14-2-1-7-26-14)5-6-21-18(17)23-20(24-19)22-11-12-3-4-15-16(10-12)28-9-8-27-15/h1-7,10H,8-9,11H2,(H2,21,22,23,24,25). The van der Waals surface area contributed by atoms with Crippen molar-refractivity contribution in [3.05, 3.63) is 64.8 Å². The summed E-state index contributed by atoms with van der Waals surface area (Å²) >= 11 is 0. The molecule has 5 rings (SSSR count). The monoisotopic (exact) mass is 376 g/mol. The maximum atomic E-state index is 12.7. The number of H-pyrrole nitrogens is 1. The summed E-state index contributed by atoms with van der Waals surface area (Å²) in [5.74, 6) is 2.39. The molecule has 140 valence electrons. The molecule has 0 saturated heterocycles. The number of aromatic nitrogens is 3. The first-order valence-electron chi connectivity index (χ1n) is 8.83. The van der Waals surface area contributed by atoms with Crippen molar-refractivity contribution >= 4 is 17.0 Å². The molecule has 8 nitrogen and oxygen atoms in total. The van der Waals surface area contributed by atoms with Crippen LogP contribution in [0, 0.1) is 0 Å². The SMILES string of the molecule is O=c1[nH]c(NCc2ccc3c(c2)OCCO3)nc2nccc(-c3ccco3)c12. The van der Waals surface area contributed by atoms with Crippen LogP contribution in [-0.2, 0) is 6.54 Å². The topological polar surface area (TPSA) is 102 Å². The number of nitrogens with one attached hydrogen (secondary N) is 2. The van der Waals surface area contributed by atoms with E-state index in [1.54, 1.807) is 30.7 Å². The van der Waals surface area contributed by atoms with Crippen LogP contribution < -0.4 is 20.3 Å². The van der Waals surface area contributed by atoms with E-state index in [0.29, 0.717) is 48.1 Å². The van der Waals surface area contributed by atoms with Gasteiger partial charge in [-0.05, 0) is 35.9 Å². The summed E-state index contributed by atoms with van der Waals surface area (Å²) in [6, 6.07) is 11.0. The predicted molar refractivity (Wildman–Crippen MR) is 103 cm³/mol. The van der Waals surface area contributed by atoms with E-state index in [2.05, 4.69) is 20.3 Å². The zero-order chi connectivity index (χ0) is 18.9. The van der Waals surface area contributed by atoms with Crippen molar-refractivity contribution in [2.45, 2.75) is 6.54 Å². The zero-order valence-electron chi connectivity index (χ0n) is 14.8. The molecule has 1 aliphatic heterocycles. The smallest absolute Gasteiger partial charge is 0.262 e. The van der Waals surface area contributed by atoms with E-state index in [1.165, 1.54) is 0 Å². The molecule has 4 aromatic rings. The molecule has 0 bridgehead atoms. The van der Waals surface area contributed by atoms with Crippen molar-refractivity contribution in [2.24, 2.45) is 0 Å². The molecule has 0 saturated carbocycles. The Balaban J connectivity index is 1.43. The first kappa shape index (κ1) is 16.4. The minimum Gasteiger partial charge on any atom is -0.486 e. The first-order valence-corrected chi connectivity index (χ1v) is 8.83. The molecule has 0 amide bonds. The van der Waals surface area contributed by atoms with E-state index in [4.69, 9.17) is 13.9 Å². The Hall–Kier alpha value is -3.81. The molecule has 0 aliphatic carbocycles. The summed E-state index contributed by atoms with van der Waals surface area (Å²) in [6.45, 7) is 1.55. The third-order valence-corrected chi connectivity index (χ3v) is 4.46. The molecule has 0 unspecified atom stereocenters. The average molecular weight is 376 g/mol. The highest BCUT2D eigenvalue weighted by atomic mass is 16.6. The second kappa shape index (κ2) is 6.73. The van der Waals surface area contributed by atoms with E-state index >= 15 is 0 Å². The summed E-state index contributed by atoms with van der Waals surface area (Å²) in [6.07, 6.45) is 3.17. The molecule has 28 heavy (non-hydrogen) atoms. The van der Waals surface area contributed by atoms with Crippen LogP contribution in [0.2, 0.25) is 0 Å². The Kier molecular flexibility index (Phi) is 3.93. The van der Waals surface area contributed by atoms with Crippen LogP contribution in [0.1, 0.15) is 5.56 Å². The number of hydrogen-bond acceptors (Lipinski definition) is 7. The lowest BCUT2D eigenvalue weighted by atomic mass is 10.1. The highest BCUT2D eigenvalue weighted by Gasteiger charge is 2.14. The van der Waals surface area contributed by atoms with Gasteiger partial charge in [0.05, 0.1) is 11.6 Å². The largest absolute Gasteiger partial charge is 0.486 e. The van der Waals surface area contributed by atoms with E-state index in [-0.39, 0.29) is 5.56 Å². The number of aromatic amines is 1. The Bertz CT molecular complexity index is 1200. The van der Waals surface area contributed by atoms with Gasteiger partial charge in [-0.25, -0.2) is 4.98 Å². The summed E-state index contributed by atoms with van der Waals surface area (Å²) in [5, 5.41) is 3.52. The van der Waals surface area contributed by atoms with Gasteiger partial charge < -0.3 is 19.2 Å². The molecule has 3 aromatic heterocycles. The van der Waals surface area contributed by atoms with Crippen molar-refractivity contribution in [1.29, 1.82) is 0 Å². The molecular formula is C20H16N4O4. The van der Waals surface area contributed by atoms with Crippen LogP contribution in [0.3, 0.4) is 0 Å². The van der Waals surface area contributed by atoms with Crippen LogP contribution in [0.4, 0.5) is 5.95 Å². The number of rotatable bonds is 4. The van der Waals surface area contributed by atoms with Crippen molar-refractivity contribution in [2.75, 3.05) is 18.5 Å². The summed E-state index contributed by atoms with van der Waals surface area (Å²) in [4.78, 5) is 24.1. The molecule has 0 fully saturated rings. The first-order chi connectivity index (χ1) is 13.8. The molecule has 0 spiro atoms. The fraction of sp³-hybridized carbons (Fsp3) is 0.150. The van der Waals surface area contributed by atoms with Crippen LogP contribution in [0.5, 0.6) is 11.5 Å². The minimum absolute atomic E-state index is 0.283. The van der Waals surface area contributed by atoms with Crippen LogP contribution in [-0.4, -0.2) is 28.2 Å². The second-order valence-electron chi connectivity index (χ2n) is 6.28. The van der Waals surface area contributed by atoms with Gasteiger partial charge in [-0.15, -0.1) is 0 Å². The Labute approximate surface area is 159 Å². The van der Waals surface area contributed by atoms with Crippen molar-refractivity contribution < 1.29 is 13.9 Å². The molecule has 4 heterocycles. The molecule has 1 aromatic carbocycles. The number of benzene rings is 1. The van der Waals surface area contributed by atoms with E-state index < -0.39 is 0 Å². The summed E-state index contributed by atoms with van der Waals surface area (Å²) in [7, 11) is 0. The fourth-order valence-electron chi connectivity index (χ4n) is 3.17. The number of hydrogen-bond donors (Lipinski definition) is 2. The molecule has 1 aliphatic rings. The Morgan fingerprint density at radius 2 is 2.00 bits per heavy atom. The Morgan fingerprint density at radius 3 is 2.86 bits per heavy atom. The molecule has 0 atom stereocenters. The van der Waals surface area contributed by atoms with Gasteiger partial charge in [-0.1, -0.05) is 6.07 Å². The van der Waals surface area contributed by atoms with Crippen molar-refractivity contribution in [3.63, 3.8) is 0 Å². The third-order valence-electron chi connectivity index (χ3n) is 4.46. The second-order valence-corrected chi connectivity index (χ2v) is 6.28. The van der Waals surface area contributed by atoms with E-state index in [9.17, 15) is 4.79 Å². The number of ether oxygens (including phenoxy) is 2. The van der Waals surface area contributed by atoms with Crippen LogP contribution in [0.15, 0.2) is 58.1 Å². The minimum atomic E-state index is -0.283. The Morgan fingerprint density at radius 1 is 1.11 bits per heavy atom. The number of anilines is 1. The van der Waals surface area contributed by atoms with Gasteiger partial charge in [0.1, 0.15) is 19.0 Å². The van der Waals surface area contributed by atoms with Gasteiger partial charge in [-0.3, -0.25) is 9.78 Å². The van der Waals surface area contributed by atoms with Crippen molar-refractivity contribution in [3.8, 4) is 22.8 Å². The molecular weight excluding hydrogens is 360 g/mol. The van der Waals surface area contributed by atoms with Crippen LogP contribution >= 0.6 is 0 Å². The quantitative estimate of drug-likeness (QED) is 0.564. The molecule has 0 radical (unpaired) electrons. The zero-order valence-corrected chi connectivity index (χ0v) is 14.8. The van der Waals surface area contributed by atoms with Gasteiger partial charge >= 0.3 is 0 Å². The lowest BCUT2D eigenvalue weighted by Crippen LogP contribution is -2.16. The maximum absolute atomic E-state index is 12.7. The van der Waals surface area contributed by atoms with E-state index in [0.717, 1.165) is 17.1 Å². The number of fused-ring (bicyclic) bond motifs is 2. The van der Waals surface area contributed by atoms with Gasteiger partial charge in [0, 0.05) is 18.3 Å². The normalized spacial score (nSPS) is 12.9. The highest BCUT2D eigenvalue weighted by molar-refractivity contribution is 5.90. The summed E-state index contributed by atoms with van der Waals surface area (Å²) in [5.41, 5.74) is 1.70. The predicted octanol–water partition coefficient (Wildman–Crippen LogP) is 2.96. The van der Waals surface area contributed by atoms with Crippen molar-refractivity contribution in [1.82, 2.24) is 15.0 Å².